The monoisotopic (exact) mass is 311 g/mol. The number of benzene rings is 1. The lowest BCUT2D eigenvalue weighted by atomic mass is 10.1. The minimum absolute atomic E-state index is 0.0658. The molecule has 0 aliphatic carbocycles. The molecule has 2 N–H and O–H groups in total. The molecule has 7 heteroatoms. The van der Waals surface area contributed by atoms with Crippen LogP contribution in [0.1, 0.15) is 12.0 Å². The zero-order valence-electron chi connectivity index (χ0n) is 10.7. The normalized spacial score (nSPS) is 15.5. The van der Waals surface area contributed by atoms with Crippen LogP contribution in [0.4, 0.5) is 0 Å². The summed E-state index contributed by atoms with van der Waals surface area (Å²) in [7, 11) is -3.61. The third kappa shape index (κ3) is 3.58. The highest BCUT2D eigenvalue weighted by atomic mass is 35.5. The molecule has 0 saturated carbocycles. The van der Waals surface area contributed by atoms with E-state index in [1.807, 2.05) is 12.1 Å². The summed E-state index contributed by atoms with van der Waals surface area (Å²) in [5.74, 6) is 0. The maximum atomic E-state index is 12.1. The van der Waals surface area contributed by atoms with E-state index in [9.17, 15) is 8.42 Å². The van der Waals surface area contributed by atoms with Crippen LogP contribution >= 0.6 is 11.6 Å². The van der Waals surface area contributed by atoms with Gasteiger partial charge in [0.25, 0.3) is 0 Å². The molecule has 20 heavy (non-hydrogen) atoms. The van der Waals surface area contributed by atoms with Crippen LogP contribution in [0.5, 0.6) is 0 Å². The Kier molecular flexibility index (Phi) is 4.78. The lowest BCUT2D eigenvalue weighted by Gasteiger charge is -2.14. The fraction of sp³-hybridized carbons (Fsp3) is 0.308. The van der Waals surface area contributed by atoms with Gasteiger partial charge in [0.2, 0.25) is 10.0 Å². The molecule has 106 valence electrons. The third-order valence-electron chi connectivity index (χ3n) is 3.02. The molecule has 0 unspecified atom stereocenters. The molecule has 0 spiro atoms. The highest BCUT2D eigenvalue weighted by molar-refractivity contribution is 7.89. The number of halogens is 1. The molecule has 0 atom stereocenters. The SMILES string of the molecule is N#Cc1ccc(S(=O)(=O)NCC2=CCNCC2)cc1Cl. The van der Waals surface area contributed by atoms with Crippen molar-refractivity contribution in [3.63, 3.8) is 0 Å². The lowest BCUT2D eigenvalue weighted by molar-refractivity contribution is 0.582. The summed E-state index contributed by atoms with van der Waals surface area (Å²) in [6, 6.07) is 5.97. The second kappa shape index (κ2) is 6.37. The number of nitriles is 1. The van der Waals surface area contributed by atoms with E-state index in [1.54, 1.807) is 0 Å². The topological polar surface area (TPSA) is 82.0 Å². The number of rotatable bonds is 4. The molecule has 1 aliphatic heterocycles. The fourth-order valence-electron chi connectivity index (χ4n) is 1.85. The first kappa shape index (κ1) is 15.0. The van der Waals surface area contributed by atoms with Crippen molar-refractivity contribution in [2.24, 2.45) is 0 Å². The van der Waals surface area contributed by atoms with Gasteiger partial charge in [-0.25, -0.2) is 13.1 Å². The fourth-order valence-corrected chi connectivity index (χ4v) is 3.20. The summed E-state index contributed by atoms with van der Waals surface area (Å²) in [4.78, 5) is 0.0658. The molecule has 0 bridgehead atoms. The highest BCUT2D eigenvalue weighted by Gasteiger charge is 2.16. The predicted octanol–water partition coefficient (Wildman–Crippen LogP) is 1.41. The van der Waals surface area contributed by atoms with Crippen LogP contribution in [0.2, 0.25) is 5.02 Å². The highest BCUT2D eigenvalue weighted by Crippen LogP contribution is 2.20. The van der Waals surface area contributed by atoms with E-state index in [0.717, 1.165) is 25.1 Å². The zero-order chi connectivity index (χ0) is 14.6. The van der Waals surface area contributed by atoms with Crippen molar-refractivity contribution in [1.29, 1.82) is 5.26 Å². The molecule has 0 radical (unpaired) electrons. The summed E-state index contributed by atoms with van der Waals surface area (Å²) in [5, 5.41) is 12.1. The van der Waals surface area contributed by atoms with Gasteiger partial charge in [0.05, 0.1) is 15.5 Å². The lowest BCUT2D eigenvalue weighted by Crippen LogP contribution is -2.29. The van der Waals surface area contributed by atoms with E-state index in [0.29, 0.717) is 6.54 Å². The molecule has 0 saturated heterocycles. The third-order valence-corrected chi connectivity index (χ3v) is 4.73. The van der Waals surface area contributed by atoms with Gasteiger partial charge in [-0.1, -0.05) is 23.3 Å². The maximum absolute atomic E-state index is 12.1. The summed E-state index contributed by atoms with van der Waals surface area (Å²) >= 11 is 5.85. The van der Waals surface area contributed by atoms with Gasteiger partial charge in [-0.2, -0.15) is 5.26 Å². The molecule has 0 amide bonds. The number of nitrogens with zero attached hydrogens (tertiary/aromatic N) is 1. The molecule has 1 heterocycles. The maximum Gasteiger partial charge on any atom is 0.240 e. The van der Waals surface area contributed by atoms with Crippen LogP contribution in [0.3, 0.4) is 0 Å². The molecule has 1 aromatic carbocycles. The van der Waals surface area contributed by atoms with Crippen molar-refractivity contribution in [1.82, 2.24) is 10.0 Å². The Bertz CT molecular complexity index is 677. The predicted molar refractivity (Wildman–Crippen MR) is 76.9 cm³/mol. The first-order valence-corrected chi connectivity index (χ1v) is 7.97. The number of hydrogen-bond donors (Lipinski definition) is 2. The van der Waals surface area contributed by atoms with Crippen LogP contribution in [0, 0.1) is 11.3 Å². The van der Waals surface area contributed by atoms with Crippen molar-refractivity contribution in [2.75, 3.05) is 19.6 Å². The van der Waals surface area contributed by atoms with E-state index in [2.05, 4.69) is 10.0 Å². The van der Waals surface area contributed by atoms with Gasteiger partial charge in [-0.05, 0) is 31.2 Å². The average Bonchev–Trinajstić information content (AvgIpc) is 2.46. The van der Waals surface area contributed by atoms with Gasteiger partial charge < -0.3 is 5.32 Å². The van der Waals surface area contributed by atoms with Crippen LogP contribution in [0.25, 0.3) is 0 Å². The van der Waals surface area contributed by atoms with Gasteiger partial charge in [0, 0.05) is 13.1 Å². The van der Waals surface area contributed by atoms with Crippen molar-refractivity contribution in [3.05, 3.63) is 40.4 Å². The molecule has 1 aromatic rings. The minimum Gasteiger partial charge on any atom is -0.313 e. The zero-order valence-corrected chi connectivity index (χ0v) is 12.3. The Morgan fingerprint density at radius 3 is 2.85 bits per heavy atom. The molecule has 0 aromatic heterocycles. The van der Waals surface area contributed by atoms with E-state index in [-0.39, 0.29) is 15.5 Å². The largest absolute Gasteiger partial charge is 0.313 e. The van der Waals surface area contributed by atoms with Crippen LogP contribution in [-0.2, 0) is 10.0 Å². The number of sulfonamides is 1. The minimum atomic E-state index is -3.61. The summed E-state index contributed by atoms with van der Waals surface area (Å²) in [5.41, 5.74) is 1.32. The van der Waals surface area contributed by atoms with E-state index < -0.39 is 10.0 Å². The standard InChI is InChI=1S/C13H14ClN3O2S/c14-13-7-12(2-1-11(13)8-15)20(18,19)17-9-10-3-5-16-6-4-10/h1-3,7,16-17H,4-6,9H2. The van der Waals surface area contributed by atoms with Gasteiger partial charge in [-0.3, -0.25) is 0 Å². The summed E-state index contributed by atoms with van der Waals surface area (Å²) in [6.45, 7) is 1.91. The summed E-state index contributed by atoms with van der Waals surface area (Å²) in [6.07, 6.45) is 2.81. The van der Waals surface area contributed by atoms with Crippen LogP contribution in [-0.4, -0.2) is 28.1 Å². The van der Waals surface area contributed by atoms with Crippen molar-refractivity contribution < 1.29 is 8.42 Å². The van der Waals surface area contributed by atoms with Gasteiger partial charge in [0.1, 0.15) is 6.07 Å². The Labute approximate surface area is 123 Å². The van der Waals surface area contributed by atoms with Gasteiger partial charge in [-0.15, -0.1) is 0 Å². The molecule has 1 aliphatic rings. The molecule has 5 nitrogen and oxygen atoms in total. The molecular formula is C13H14ClN3O2S. The molecule has 0 fully saturated rings. The first-order chi connectivity index (χ1) is 9.53. The van der Waals surface area contributed by atoms with Crippen molar-refractivity contribution >= 4 is 21.6 Å². The first-order valence-electron chi connectivity index (χ1n) is 6.11. The van der Waals surface area contributed by atoms with Gasteiger partial charge in [0.15, 0.2) is 0 Å². The van der Waals surface area contributed by atoms with Crippen molar-refractivity contribution in [2.45, 2.75) is 11.3 Å². The van der Waals surface area contributed by atoms with Crippen LogP contribution in [0.15, 0.2) is 34.7 Å². The Morgan fingerprint density at radius 2 is 2.25 bits per heavy atom. The van der Waals surface area contributed by atoms with E-state index in [1.165, 1.54) is 18.2 Å². The Morgan fingerprint density at radius 1 is 1.45 bits per heavy atom. The van der Waals surface area contributed by atoms with Crippen molar-refractivity contribution in [3.8, 4) is 6.07 Å². The Hall–Kier alpha value is -1.39. The number of hydrogen-bond acceptors (Lipinski definition) is 4. The van der Waals surface area contributed by atoms with Crippen LogP contribution < -0.4 is 10.0 Å². The Balaban J connectivity index is 2.12. The molecule has 2 rings (SSSR count). The number of nitrogens with one attached hydrogen (secondary N) is 2. The summed E-state index contributed by atoms with van der Waals surface area (Å²) < 4.78 is 26.8. The second-order valence-corrected chi connectivity index (χ2v) is 6.57. The van der Waals surface area contributed by atoms with E-state index in [4.69, 9.17) is 16.9 Å². The average molecular weight is 312 g/mol. The van der Waals surface area contributed by atoms with E-state index >= 15 is 0 Å². The quantitative estimate of drug-likeness (QED) is 0.824. The molecular weight excluding hydrogens is 298 g/mol. The van der Waals surface area contributed by atoms with Gasteiger partial charge >= 0.3 is 0 Å². The smallest absolute Gasteiger partial charge is 0.240 e. The second-order valence-electron chi connectivity index (χ2n) is 4.39.